The van der Waals surface area contributed by atoms with Crippen LogP contribution in [0, 0.1) is 0 Å². The third-order valence-corrected chi connectivity index (χ3v) is 2.89. The number of hydrogen-bond donors (Lipinski definition) is 2. The van der Waals surface area contributed by atoms with Gasteiger partial charge < -0.3 is 15.4 Å². The summed E-state index contributed by atoms with van der Waals surface area (Å²) >= 11 is 1.13. The Kier molecular flexibility index (Phi) is 5.42. The lowest BCUT2D eigenvalue weighted by Crippen LogP contribution is -2.42. The van der Waals surface area contributed by atoms with Gasteiger partial charge in [0.05, 0.1) is 0 Å². The Bertz CT molecular complexity index is 548. The van der Waals surface area contributed by atoms with Crippen LogP contribution in [0.4, 0.5) is 5.13 Å². The fourth-order valence-corrected chi connectivity index (χ4v) is 2.04. The summed E-state index contributed by atoms with van der Waals surface area (Å²) in [5.74, 6) is -1.28. The Balaban J connectivity index is 2.62. The van der Waals surface area contributed by atoms with Gasteiger partial charge in [0, 0.05) is 12.3 Å². The second kappa shape index (κ2) is 6.66. The molecule has 1 aromatic heterocycles. The van der Waals surface area contributed by atoms with E-state index in [0.717, 1.165) is 11.3 Å². The molecule has 0 fully saturated rings. The van der Waals surface area contributed by atoms with Gasteiger partial charge in [0.2, 0.25) is 5.91 Å². The van der Waals surface area contributed by atoms with Crippen LogP contribution in [0.25, 0.3) is 0 Å². The number of nitrogens with zero attached hydrogens (tertiary/aromatic N) is 1. The van der Waals surface area contributed by atoms with Crippen LogP contribution in [0.5, 0.6) is 0 Å². The van der Waals surface area contributed by atoms with Gasteiger partial charge in [-0.1, -0.05) is 0 Å². The Hall–Kier alpha value is -1.96. The molecule has 0 saturated heterocycles. The summed E-state index contributed by atoms with van der Waals surface area (Å²) in [5.41, 5.74) is -0.478. The molecular formula is C13H19N3O4S. The van der Waals surface area contributed by atoms with Crippen molar-refractivity contribution in [1.82, 2.24) is 10.3 Å². The fraction of sp³-hybridized carbons (Fsp3) is 0.538. The highest BCUT2D eigenvalue weighted by Gasteiger charge is 2.24. The van der Waals surface area contributed by atoms with Gasteiger partial charge in [0.25, 0.3) is 5.91 Å². The summed E-state index contributed by atoms with van der Waals surface area (Å²) < 4.78 is 5.17. The monoisotopic (exact) mass is 313 g/mol. The fourth-order valence-electron chi connectivity index (χ4n) is 1.31. The second-order valence-corrected chi connectivity index (χ2v) is 6.31. The number of hydrogen-bond acceptors (Lipinski definition) is 6. The van der Waals surface area contributed by atoms with Crippen molar-refractivity contribution in [2.45, 2.75) is 46.3 Å². The summed E-state index contributed by atoms with van der Waals surface area (Å²) in [6, 6.07) is -0.789. The normalized spacial score (nSPS) is 12.4. The average molecular weight is 313 g/mol. The molecule has 0 bridgehead atoms. The zero-order valence-electron chi connectivity index (χ0n) is 12.6. The highest BCUT2D eigenvalue weighted by atomic mass is 32.1. The van der Waals surface area contributed by atoms with Crippen LogP contribution in [-0.2, 0) is 14.3 Å². The van der Waals surface area contributed by atoms with E-state index in [1.807, 2.05) is 0 Å². The quantitative estimate of drug-likeness (QED) is 0.822. The number of carbonyl (C=O) groups is 3. The van der Waals surface area contributed by atoms with E-state index in [1.54, 1.807) is 20.8 Å². The van der Waals surface area contributed by atoms with Gasteiger partial charge in [0.1, 0.15) is 17.3 Å². The summed E-state index contributed by atoms with van der Waals surface area (Å²) in [7, 11) is 0. The Morgan fingerprint density at radius 3 is 2.48 bits per heavy atom. The third-order valence-electron chi connectivity index (χ3n) is 2.13. The lowest BCUT2D eigenvalue weighted by Gasteiger charge is -2.22. The predicted octanol–water partition coefficient (Wildman–Crippen LogP) is 1.56. The SMILES string of the molecule is CC(=O)Nc1nc(C(=O)N[C@@H](C)C(=O)OC(C)(C)C)cs1. The first kappa shape index (κ1) is 17.1. The molecule has 2 amide bonds. The highest BCUT2D eigenvalue weighted by molar-refractivity contribution is 7.14. The zero-order valence-corrected chi connectivity index (χ0v) is 13.5. The van der Waals surface area contributed by atoms with Gasteiger partial charge in [-0.2, -0.15) is 0 Å². The smallest absolute Gasteiger partial charge is 0.328 e. The molecule has 0 aliphatic heterocycles. The topological polar surface area (TPSA) is 97.4 Å². The molecule has 116 valence electrons. The van der Waals surface area contributed by atoms with Gasteiger partial charge in [-0.15, -0.1) is 11.3 Å². The van der Waals surface area contributed by atoms with Crippen LogP contribution in [0.2, 0.25) is 0 Å². The molecule has 0 aliphatic rings. The number of nitrogens with one attached hydrogen (secondary N) is 2. The first-order valence-corrected chi connectivity index (χ1v) is 7.23. The standard InChI is InChI=1S/C13H19N3O4S/c1-7(11(19)20-13(3,4)5)14-10(18)9-6-21-12(16-9)15-8(2)17/h6-7H,1-5H3,(H,14,18)(H,15,16,17)/t7-/m0/s1. The molecule has 1 atom stereocenters. The van der Waals surface area contributed by atoms with Crippen LogP contribution < -0.4 is 10.6 Å². The van der Waals surface area contributed by atoms with Crippen molar-refractivity contribution >= 4 is 34.3 Å². The van der Waals surface area contributed by atoms with E-state index in [4.69, 9.17) is 4.74 Å². The van der Waals surface area contributed by atoms with E-state index in [9.17, 15) is 14.4 Å². The lowest BCUT2D eigenvalue weighted by atomic mass is 10.2. The number of esters is 1. The minimum Gasteiger partial charge on any atom is -0.458 e. The van der Waals surface area contributed by atoms with Gasteiger partial charge in [-0.05, 0) is 27.7 Å². The number of ether oxygens (including phenoxy) is 1. The molecule has 1 aromatic rings. The zero-order chi connectivity index (χ0) is 16.2. The minimum atomic E-state index is -0.789. The second-order valence-electron chi connectivity index (χ2n) is 5.45. The van der Waals surface area contributed by atoms with Gasteiger partial charge >= 0.3 is 5.97 Å². The number of rotatable bonds is 4. The first-order chi connectivity index (χ1) is 9.58. The predicted molar refractivity (Wildman–Crippen MR) is 79.2 cm³/mol. The molecule has 1 heterocycles. The molecule has 0 aromatic carbocycles. The number of amides is 2. The Labute approximate surface area is 127 Å². The van der Waals surface area contributed by atoms with Crippen molar-refractivity contribution in [1.29, 1.82) is 0 Å². The number of anilines is 1. The van der Waals surface area contributed by atoms with Crippen LogP contribution in [-0.4, -0.2) is 34.4 Å². The molecule has 2 N–H and O–H groups in total. The van der Waals surface area contributed by atoms with Crippen molar-refractivity contribution in [2.75, 3.05) is 5.32 Å². The van der Waals surface area contributed by atoms with Gasteiger partial charge in [-0.3, -0.25) is 9.59 Å². The molecule has 0 aliphatic carbocycles. The maximum absolute atomic E-state index is 11.9. The first-order valence-electron chi connectivity index (χ1n) is 6.35. The van der Waals surface area contributed by atoms with E-state index in [-0.39, 0.29) is 11.6 Å². The van der Waals surface area contributed by atoms with Crippen molar-refractivity contribution in [3.8, 4) is 0 Å². The molecule has 1 rings (SSSR count). The molecule has 0 unspecified atom stereocenters. The molecule has 0 spiro atoms. The average Bonchev–Trinajstić information content (AvgIpc) is 2.74. The van der Waals surface area contributed by atoms with Crippen LogP contribution in [0.3, 0.4) is 0 Å². The molecule has 7 nitrogen and oxygen atoms in total. The summed E-state index contributed by atoms with van der Waals surface area (Å²) in [4.78, 5) is 38.5. The van der Waals surface area contributed by atoms with Crippen molar-refractivity contribution < 1.29 is 19.1 Å². The van der Waals surface area contributed by atoms with E-state index in [2.05, 4.69) is 15.6 Å². The minimum absolute atomic E-state index is 0.138. The highest BCUT2D eigenvalue weighted by Crippen LogP contribution is 2.15. The number of thiazole rings is 1. The lowest BCUT2D eigenvalue weighted by molar-refractivity contribution is -0.156. The Morgan fingerprint density at radius 1 is 1.33 bits per heavy atom. The summed E-state index contributed by atoms with van der Waals surface area (Å²) in [6.45, 7) is 8.14. The molecule has 0 saturated carbocycles. The number of carbonyl (C=O) groups excluding carboxylic acids is 3. The van der Waals surface area contributed by atoms with E-state index >= 15 is 0 Å². The van der Waals surface area contributed by atoms with E-state index < -0.39 is 23.5 Å². The maximum Gasteiger partial charge on any atom is 0.328 e. The van der Waals surface area contributed by atoms with Gasteiger partial charge in [-0.25, -0.2) is 9.78 Å². The maximum atomic E-state index is 11.9. The Morgan fingerprint density at radius 2 is 1.95 bits per heavy atom. The summed E-state index contributed by atoms with van der Waals surface area (Å²) in [5, 5.41) is 6.82. The van der Waals surface area contributed by atoms with Crippen molar-refractivity contribution in [3.63, 3.8) is 0 Å². The van der Waals surface area contributed by atoms with Crippen molar-refractivity contribution in [2.24, 2.45) is 0 Å². The number of aromatic nitrogens is 1. The summed E-state index contributed by atoms with van der Waals surface area (Å²) in [6.07, 6.45) is 0. The molecule has 0 radical (unpaired) electrons. The third kappa shape index (κ3) is 5.90. The van der Waals surface area contributed by atoms with Crippen LogP contribution >= 0.6 is 11.3 Å². The largest absolute Gasteiger partial charge is 0.458 e. The van der Waals surface area contributed by atoms with E-state index in [0.29, 0.717) is 5.13 Å². The van der Waals surface area contributed by atoms with Crippen molar-refractivity contribution in [3.05, 3.63) is 11.1 Å². The van der Waals surface area contributed by atoms with Gasteiger partial charge in [0.15, 0.2) is 5.13 Å². The van der Waals surface area contributed by atoms with Crippen LogP contribution in [0.15, 0.2) is 5.38 Å². The molecule has 21 heavy (non-hydrogen) atoms. The van der Waals surface area contributed by atoms with E-state index in [1.165, 1.54) is 19.2 Å². The molecular weight excluding hydrogens is 294 g/mol. The molecule has 8 heteroatoms. The van der Waals surface area contributed by atoms with Crippen LogP contribution in [0.1, 0.15) is 45.1 Å².